The quantitative estimate of drug-likeness (QED) is 0.577. The number of piperazine rings is 1. The van der Waals surface area contributed by atoms with E-state index in [4.69, 9.17) is 0 Å². The van der Waals surface area contributed by atoms with Crippen LogP contribution in [0.1, 0.15) is 23.6 Å². The lowest BCUT2D eigenvalue weighted by atomic mass is 9.96. The van der Waals surface area contributed by atoms with Crippen LogP contribution in [0.2, 0.25) is 0 Å². The molecule has 2 aliphatic rings. The molecule has 8 heteroatoms. The van der Waals surface area contributed by atoms with Crippen molar-refractivity contribution < 1.29 is 13.2 Å². The van der Waals surface area contributed by atoms with E-state index in [1.807, 2.05) is 36.4 Å². The van der Waals surface area contributed by atoms with Gasteiger partial charge in [0.1, 0.15) is 0 Å². The molecule has 0 radical (unpaired) electrons. The zero-order valence-electron chi connectivity index (χ0n) is 18.8. The number of hydrogen-bond donors (Lipinski definition) is 1. The van der Waals surface area contributed by atoms with Gasteiger partial charge in [-0.2, -0.15) is 4.31 Å². The molecule has 1 N–H and O–H groups in total. The summed E-state index contributed by atoms with van der Waals surface area (Å²) in [6.45, 7) is 2.09. The number of carbonyl (C=O) groups excluding carboxylic acids is 1. The Morgan fingerprint density at radius 3 is 2.06 bits per heavy atom. The van der Waals surface area contributed by atoms with Crippen molar-refractivity contribution in [3.8, 4) is 0 Å². The van der Waals surface area contributed by atoms with Crippen LogP contribution in [0.5, 0.6) is 0 Å². The number of amides is 1. The van der Waals surface area contributed by atoms with Crippen molar-refractivity contribution >= 4 is 33.4 Å². The number of fused-ring (bicyclic) bond motifs is 1. The Balaban J connectivity index is 1.35. The van der Waals surface area contributed by atoms with Crippen LogP contribution in [0, 0.1) is 0 Å². The van der Waals surface area contributed by atoms with Gasteiger partial charge in [0.15, 0.2) is 0 Å². The van der Waals surface area contributed by atoms with E-state index in [2.05, 4.69) is 34.5 Å². The van der Waals surface area contributed by atoms with Gasteiger partial charge < -0.3 is 5.32 Å². The molecule has 176 valence electrons. The fourth-order valence-electron chi connectivity index (χ4n) is 4.60. The molecular weight excluding hydrogens is 466 g/mol. The second-order valence-electron chi connectivity index (χ2n) is 8.47. The molecular formula is C26H27N3O3S2. The fourth-order valence-corrected chi connectivity index (χ4v) is 6.98. The van der Waals surface area contributed by atoms with Crippen LogP contribution >= 0.6 is 11.8 Å². The highest BCUT2D eigenvalue weighted by molar-refractivity contribution is 7.99. The van der Waals surface area contributed by atoms with E-state index in [-0.39, 0.29) is 16.8 Å². The molecule has 0 spiro atoms. The van der Waals surface area contributed by atoms with Crippen molar-refractivity contribution in [3.05, 3.63) is 90.0 Å². The second-order valence-corrected chi connectivity index (χ2v) is 11.5. The molecule has 0 bridgehead atoms. The molecule has 6 nitrogen and oxygen atoms in total. The minimum absolute atomic E-state index is 0.0759. The fraction of sp³-hybridized carbons (Fsp3) is 0.269. The lowest BCUT2D eigenvalue weighted by Gasteiger charge is -2.39. The zero-order chi connectivity index (χ0) is 23.5. The summed E-state index contributed by atoms with van der Waals surface area (Å²) < 4.78 is 28.4. The molecule has 1 amide bonds. The van der Waals surface area contributed by atoms with Crippen molar-refractivity contribution in [2.24, 2.45) is 0 Å². The van der Waals surface area contributed by atoms with Gasteiger partial charge in [-0.1, -0.05) is 60.7 Å². The number of benzene rings is 3. The lowest BCUT2D eigenvalue weighted by molar-refractivity contribution is -0.115. The van der Waals surface area contributed by atoms with Crippen molar-refractivity contribution in [1.29, 1.82) is 0 Å². The van der Waals surface area contributed by atoms with E-state index in [0.717, 1.165) is 4.90 Å². The first kappa shape index (κ1) is 23.1. The summed E-state index contributed by atoms with van der Waals surface area (Å²) >= 11 is 1.57. The molecule has 2 heterocycles. The molecule has 1 fully saturated rings. The first-order chi connectivity index (χ1) is 16.5. The molecule has 1 saturated heterocycles. The van der Waals surface area contributed by atoms with E-state index >= 15 is 0 Å². The van der Waals surface area contributed by atoms with Crippen LogP contribution in [0.4, 0.5) is 5.69 Å². The molecule has 0 saturated carbocycles. The van der Waals surface area contributed by atoms with E-state index in [1.54, 1.807) is 34.3 Å². The number of nitrogens with one attached hydrogen (secondary N) is 1. The average molecular weight is 494 g/mol. The topological polar surface area (TPSA) is 69.7 Å². The highest BCUT2D eigenvalue weighted by Gasteiger charge is 2.32. The van der Waals surface area contributed by atoms with E-state index in [9.17, 15) is 13.2 Å². The van der Waals surface area contributed by atoms with Gasteiger partial charge in [-0.05, 0) is 29.3 Å². The maximum atomic E-state index is 13.4. The zero-order valence-corrected chi connectivity index (χ0v) is 20.4. The highest BCUT2D eigenvalue weighted by Crippen LogP contribution is 2.34. The Morgan fingerprint density at radius 2 is 1.44 bits per heavy atom. The van der Waals surface area contributed by atoms with Crippen molar-refractivity contribution in [1.82, 2.24) is 9.21 Å². The first-order valence-electron chi connectivity index (χ1n) is 11.4. The summed E-state index contributed by atoms with van der Waals surface area (Å²) in [5.41, 5.74) is 2.98. The molecule has 0 aliphatic carbocycles. The molecule has 3 aromatic carbocycles. The molecule has 2 aliphatic heterocycles. The standard InChI is InChI=1S/C26H27N3O3S2/c30-25-13-18-33-24-12-11-22(19-23(24)27-25)34(31,32)29-16-14-28(15-17-29)26(20-7-3-1-4-8-20)21-9-5-2-6-10-21/h1-12,19,26H,13-18H2,(H,27,30). The van der Waals surface area contributed by atoms with Gasteiger partial charge >= 0.3 is 0 Å². The summed E-state index contributed by atoms with van der Waals surface area (Å²) in [5.74, 6) is 0.610. The Labute approximate surface area is 205 Å². The number of rotatable bonds is 5. The van der Waals surface area contributed by atoms with Crippen LogP contribution < -0.4 is 5.32 Å². The van der Waals surface area contributed by atoms with E-state index in [1.165, 1.54) is 11.1 Å². The Morgan fingerprint density at radius 1 is 0.824 bits per heavy atom. The van der Waals surface area contributed by atoms with Gasteiger partial charge in [-0.25, -0.2) is 8.42 Å². The minimum atomic E-state index is -3.66. The number of carbonyl (C=O) groups is 1. The van der Waals surface area contributed by atoms with Crippen LogP contribution in [-0.2, 0) is 14.8 Å². The lowest BCUT2D eigenvalue weighted by Crippen LogP contribution is -2.49. The van der Waals surface area contributed by atoms with Crippen LogP contribution in [0.3, 0.4) is 0 Å². The SMILES string of the molecule is O=C1CCSc2ccc(S(=O)(=O)N3CCN(C(c4ccccc4)c4ccccc4)CC3)cc2N1. The summed E-state index contributed by atoms with van der Waals surface area (Å²) in [6, 6.07) is 25.8. The van der Waals surface area contributed by atoms with Crippen molar-refractivity contribution in [3.63, 3.8) is 0 Å². The number of thioether (sulfide) groups is 1. The van der Waals surface area contributed by atoms with E-state index < -0.39 is 10.0 Å². The van der Waals surface area contributed by atoms with Gasteiger partial charge in [0.25, 0.3) is 0 Å². The van der Waals surface area contributed by atoms with Crippen molar-refractivity contribution in [2.75, 3.05) is 37.2 Å². The Hall–Kier alpha value is -2.65. The third-order valence-electron chi connectivity index (χ3n) is 6.32. The molecule has 0 unspecified atom stereocenters. The van der Waals surface area contributed by atoms with Crippen molar-refractivity contribution in [2.45, 2.75) is 22.3 Å². The summed E-state index contributed by atoms with van der Waals surface area (Å²) in [7, 11) is -3.66. The first-order valence-corrected chi connectivity index (χ1v) is 13.9. The van der Waals surface area contributed by atoms with Gasteiger partial charge in [0, 0.05) is 43.2 Å². The van der Waals surface area contributed by atoms with Crippen LogP contribution in [-0.4, -0.2) is 55.5 Å². The maximum Gasteiger partial charge on any atom is 0.243 e. The predicted molar refractivity (Wildman–Crippen MR) is 135 cm³/mol. The smallest absolute Gasteiger partial charge is 0.243 e. The number of hydrogen-bond acceptors (Lipinski definition) is 5. The predicted octanol–water partition coefficient (Wildman–Crippen LogP) is 4.22. The Kier molecular flexibility index (Phi) is 6.74. The number of sulfonamides is 1. The van der Waals surface area contributed by atoms with Crippen LogP contribution in [0.15, 0.2) is 88.7 Å². The minimum Gasteiger partial charge on any atom is -0.325 e. The molecule has 5 rings (SSSR count). The summed E-state index contributed by atoms with van der Waals surface area (Å²) in [4.78, 5) is 15.4. The van der Waals surface area contributed by atoms with Gasteiger partial charge in [-0.3, -0.25) is 9.69 Å². The Bertz CT molecular complexity index is 1220. The second kappa shape index (κ2) is 9.92. The molecule has 0 atom stereocenters. The number of anilines is 1. The third-order valence-corrected chi connectivity index (χ3v) is 9.29. The number of nitrogens with zero attached hydrogens (tertiary/aromatic N) is 2. The third kappa shape index (κ3) is 4.77. The molecule has 0 aromatic heterocycles. The van der Waals surface area contributed by atoms with Gasteiger partial charge in [0.05, 0.1) is 16.6 Å². The largest absolute Gasteiger partial charge is 0.325 e. The summed E-state index contributed by atoms with van der Waals surface area (Å²) in [5, 5.41) is 2.85. The molecule has 3 aromatic rings. The maximum absolute atomic E-state index is 13.4. The van der Waals surface area contributed by atoms with Crippen LogP contribution in [0.25, 0.3) is 0 Å². The normalized spacial score (nSPS) is 17.7. The summed E-state index contributed by atoms with van der Waals surface area (Å²) in [6.07, 6.45) is 0.424. The van der Waals surface area contributed by atoms with Gasteiger partial charge in [0.2, 0.25) is 15.9 Å². The highest BCUT2D eigenvalue weighted by atomic mass is 32.2. The molecule has 34 heavy (non-hydrogen) atoms. The monoisotopic (exact) mass is 493 g/mol. The average Bonchev–Trinajstić information content (AvgIpc) is 3.06. The van der Waals surface area contributed by atoms with E-state index in [0.29, 0.717) is 44.0 Å². The van der Waals surface area contributed by atoms with Gasteiger partial charge in [-0.15, -0.1) is 11.8 Å².